The molecule has 1 atom stereocenters. The molecule has 0 fully saturated rings. The highest BCUT2D eigenvalue weighted by molar-refractivity contribution is 9.10. The Morgan fingerprint density at radius 3 is 2.43 bits per heavy atom. The number of hydrogen-bond acceptors (Lipinski definition) is 3. The molecule has 3 N–H and O–H groups in total. The van der Waals surface area contributed by atoms with Gasteiger partial charge < -0.3 is 5.32 Å². The lowest BCUT2D eigenvalue weighted by molar-refractivity contribution is 0.0937. The van der Waals surface area contributed by atoms with Crippen LogP contribution in [0.4, 0.5) is 0 Å². The summed E-state index contributed by atoms with van der Waals surface area (Å²) in [6.45, 7) is 6.18. The van der Waals surface area contributed by atoms with Gasteiger partial charge in [-0.05, 0) is 59.8 Å². The van der Waals surface area contributed by atoms with Crippen LogP contribution in [0.15, 0.2) is 27.6 Å². The van der Waals surface area contributed by atoms with Crippen molar-refractivity contribution < 1.29 is 13.2 Å². The van der Waals surface area contributed by atoms with E-state index in [9.17, 15) is 13.2 Å². The summed E-state index contributed by atoms with van der Waals surface area (Å²) in [5.41, 5.74) is 0.277. The molecule has 1 unspecified atom stereocenters. The molecule has 1 rings (SSSR count). The molecule has 0 radical (unpaired) electrons. The van der Waals surface area contributed by atoms with E-state index in [1.54, 1.807) is 6.07 Å². The van der Waals surface area contributed by atoms with Gasteiger partial charge in [0.25, 0.3) is 5.91 Å². The molecule has 0 saturated carbocycles. The van der Waals surface area contributed by atoms with Gasteiger partial charge in [0, 0.05) is 16.1 Å². The van der Waals surface area contributed by atoms with Crippen molar-refractivity contribution in [2.24, 2.45) is 11.1 Å². The molecule has 0 saturated heterocycles. The largest absolute Gasteiger partial charge is 0.350 e. The van der Waals surface area contributed by atoms with Crippen LogP contribution in [-0.4, -0.2) is 20.4 Å². The fourth-order valence-electron chi connectivity index (χ4n) is 1.83. The van der Waals surface area contributed by atoms with Crippen LogP contribution in [0, 0.1) is 5.92 Å². The molecule has 21 heavy (non-hydrogen) atoms. The fourth-order valence-corrected chi connectivity index (χ4v) is 3.38. The summed E-state index contributed by atoms with van der Waals surface area (Å²) >= 11 is 3.12. The normalized spacial score (nSPS) is 13.2. The Morgan fingerprint density at radius 2 is 1.90 bits per heavy atom. The van der Waals surface area contributed by atoms with Crippen molar-refractivity contribution >= 4 is 31.9 Å². The molecule has 5 nitrogen and oxygen atoms in total. The van der Waals surface area contributed by atoms with Crippen molar-refractivity contribution in [2.75, 3.05) is 0 Å². The summed E-state index contributed by atoms with van der Waals surface area (Å²) in [4.78, 5) is 12.0. The van der Waals surface area contributed by atoms with E-state index in [1.165, 1.54) is 12.1 Å². The third-order valence-corrected chi connectivity index (χ3v) is 4.96. The standard InChI is InChI=1S/C14H21BrN2O3S/c1-9(2)4-5-10(3)17-14(18)11-6-7-12(15)13(8-11)21(16,19)20/h6-10H,4-5H2,1-3H3,(H,17,18)(H2,16,19,20). The van der Waals surface area contributed by atoms with Gasteiger partial charge in [-0.2, -0.15) is 0 Å². The number of rotatable bonds is 6. The van der Waals surface area contributed by atoms with Gasteiger partial charge in [-0.25, -0.2) is 13.6 Å². The van der Waals surface area contributed by atoms with Crippen LogP contribution in [0.2, 0.25) is 0 Å². The minimum atomic E-state index is -3.87. The zero-order chi connectivity index (χ0) is 16.2. The molecule has 1 aromatic rings. The lowest BCUT2D eigenvalue weighted by Crippen LogP contribution is -2.32. The lowest BCUT2D eigenvalue weighted by atomic mass is 10.0. The first-order valence-electron chi connectivity index (χ1n) is 6.74. The number of nitrogens with one attached hydrogen (secondary N) is 1. The Balaban J connectivity index is 2.84. The molecule has 0 aromatic heterocycles. The van der Waals surface area contributed by atoms with Crippen LogP contribution < -0.4 is 10.5 Å². The number of carbonyl (C=O) groups is 1. The Labute approximate surface area is 134 Å². The van der Waals surface area contributed by atoms with Crippen LogP contribution in [0.1, 0.15) is 44.0 Å². The van der Waals surface area contributed by atoms with Gasteiger partial charge in [0.1, 0.15) is 0 Å². The Bertz CT molecular complexity index is 615. The number of sulfonamides is 1. The summed E-state index contributed by atoms with van der Waals surface area (Å²) in [5, 5.41) is 7.98. The zero-order valence-corrected chi connectivity index (χ0v) is 14.8. The van der Waals surface area contributed by atoms with E-state index in [0.29, 0.717) is 10.4 Å². The van der Waals surface area contributed by atoms with Crippen molar-refractivity contribution in [1.29, 1.82) is 0 Å². The average Bonchev–Trinajstić information content (AvgIpc) is 2.35. The molecule has 7 heteroatoms. The van der Waals surface area contributed by atoms with E-state index in [-0.39, 0.29) is 22.4 Å². The Morgan fingerprint density at radius 1 is 1.29 bits per heavy atom. The third kappa shape index (κ3) is 5.76. The second-order valence-corrected chi connectivity index (χ2v) is 7.92. The zero-order valence-electron chi connectivity index (χ0n) is 12.4. The number of nitrogens with two attached hydrogens (primary N) is 1. The molecule has 0 spiro atoms. The number of hydrogen-bond donors (Lipinski definition) is 2. The van der Waals surface area contributed by atoms with Crippen molar-refractivity contribution in [2.45, 2.75) is 44.6 Å². The number of benzene rings is 1. The summed E-state index contributed by atoms with van der Waals surface area (Å²) in [6, 6.07) is 4.38. The highest BCUT2D eigenvalue weighted by Gasteiger charge is 2.17. The number of carbonyl (C=O) groups excluding carboxylic acids is 1. The van der Waals surface area contributed by atoms with Gasteiger partial charge in [0.05, 0.1) is 4.90 Å². The minimum absolute atomic E-state index is 0.0291. The Hall–Kier alpha value is -0.920. The van der Waals surface area contributed by atoms with E-state index in [2.05, 4.69) is 35.1 Å². The summed E-state index contributed by atoms with van der Waals surface area (Å²) in [6.07, 6.45) is 1.90. The molecule has 1 aromatic carbocycles. The first kappa shape index (κ1) is 18.1. The molecule has 1 amide bonds. The molecule has 0 aliphatic heterocycles. The van der Waals surface area contributed by atoms with E-state index in [4.69, 9.17) is 5.14 Å². The maximum atomic E-state index is 12.1. The summed E-state index contributed by atoms with van der Waals surface area (Å²) in [5.74, 6) is 0.273. The van der Waals surface area contributed by atoms with Crippen LogP contribution in [0.5, 0.6) is 0 Å². The molecule has 118 valence electrons. The molecule has 0 bridgehead atoms. The van der Waals surface area contributed by atoms with Gasteiger partial charge in [0.2, 0.25) is 10.0 Å². The molecule has 0 aliphatic rings. The van der Waals surface area contributed by atoms with Crippen molar-refractivity contribution in [3.05, 3.63) is 28.2 Å². The van der Waals surface area contributed by atoms with Crippen molar-refractivity contribution in [1.82, 2.24) is 5.32 Å². The van der Waals surface area contributed by atoms with E-state index < -0.39 is 10.0 Å². The summed E-state index contributed by atoms with van der Waals surface area (Å²) < 4.78 is 23.2. The number of primary sulfonamides is 1. The van der Waals surface area contributed by atoms with Gasteiger partial charge >= 0.3 is 0 Å². The van der Waals surface area contributed by atoms with Gasteiger partial charge in [0.15, 0.2) is 0 Å². The number of amides is 1. The Kier molecular flexibility index (Phi) is 6.37. The SMILES string of the molecule is CC(C)CCC(C)NC(=O)c1ccc(Br)c(S(N)(=O)=O)c1. The second-order valence-electron chi connectivity index (χ2n) is 5.54. The van der Waals surface area contributed by atoms with Crippen LogP contribution in [0.3, 0.4) is 0 Å². The minimum Gasteiger partial charge on any atom is -0.350 e. The number of halogens is 1. The maximum absolute atomic E-state index is 12.1. The van der Waals surface area contributed by atoms with E-state index >= 15 is 0 Å². The molecular formula is C14H21BrN2O3S. The molecule has 0 heterocycles. The maximum Gasteiger partial charge on any atom is 0.251 e. The van der Waals surface area contributed by atoms with E-state index in [0.717, 1.165) is 12.8 Å². The topological polar surface area (TPSA) is 89.3 Å². The van der Waals surface area contributed by atoms with Gasteiger partial charge in [-0.3, -0.25) is 4.79 Å². The van der Waals surface area contributed by atoms with Gasteiger partial charge in [-0.1, -0.05) is 13.8 Å². The smallest absolute Gasteiger partial charge is 0.251 e. The first-order chi connectivity index (χ1) is 9.61. The van der Waals surface area contributed by atoms with Crippen LogP contribution in [0.25, 0.3) is 0 Å². The molecule has 0 aliphatic carbocycles. The molecular weight excluding hydrogens is 356 g/mol. The van der Waals surface area contributed by atoms with E-state index in [1.807, 2.05) is 6.92 Å². The van der Waals surface area contributed by atoms with Crippen molar-refractivity contribution in [3.63, 3.8) is 0 Å². The third-order valence-electron chi connectivity index (χ3n) is 3.05. The fraction of sp³-hybridized carbons (Fsp3) is 0.500. The first-order valence-corrected chi connectivity index (χ1v) is 9.08. The van der Waals surface area contributed by atoms with Crippen molar-refractivity contribution in [3.8, 4) is 0 Å². The summed E-state index contributed by atoms with van der Waals surface area (Å²) in [7, 11) is -3.87. The van der Waals surface area contributed by atoms with Crippen LogP contribution >= 0.6 is 15.9 Å². The quantitative estimate of drug-likeness (QED) is 0.799. The highest BCUT2D eigenvalue weighted by Crippen LogP contribution is 2.22. The second kappa shape index (κ2) is 7.38. The predicted molar refractivity (Wildman–Crippen MR) is 86.5 cm³/mol. The average molecular weight is 377 g/mol. The lowest BCUT2D eigenvalue weighted by Gasteiger charge is -2.15. The predicted octanol–water partition coefficient (Wildman–Crippen LogP) is 2.65. The van der Waals surface area contributed by atoms with Crippen LogP contribution in [-0.2, 0) is 10.0 Å². The van der Waals surface area contributed by atoms with Gasteiger partial charge in [-0.15, -0.1) is 0 Å². The highest BCUT2D eigenvalue weighted by atomic mass is 79.9. The monoisotopic (exact) mass is 376 g/mol.